The number of alkyl halides is 12. The Labute approximate surface area is 326 Å². The van der Waals surface area contributed by atoms with Crippen molar-refractivity contribution in [3.63, 3.8) is 0 Å². The molecule has 0 fully saturated rings. The average Bonchev–Trinajstić information content (AvgIpc) is 3.53. The van der Waals surface area contributed by atoms with Gasteiger partial charge >= 0.3 is 24.7 Å². The molecule has 0 radical (unpaired) electrons. The summed E-state index contributed by atoms with van der Waals surface area (Å²) in [7, 11) is 0. The van der Waals surface area contributed by atoms with Gasteiger partial charge in [0.15, 0.2) is 0 Å². The van der Waals surface area contributed by atoms with Crippen molar-refractivity contribution in [1.82, 2.24) is 4.57 Å². The highest BCUT2D eigenvalue weighted by Gasteiger charge is 2.72. The molecule has 0 spiro atoms. The van der Waals surface area contributed by atoms with Gasteiger partial charge in [-0.05, 0) is 89.9 Å². The molecule has 6 rings (SSSR count). The lowest BCUT2D eigenvalue weighted by molar-refractivity contribution is -0.288. The highest BCUT2D eigenvalue weighted by Crippen LogP contribution is 2.57. The summed E-state index contributed by atoms with van der Waals surface area (Å²) < 4.78 is 181. The Morgan fingerprint density at radius 1 is 0.500 bits per heavy atom. The third-order valence-corrected chi connectivity index (χ3v) is 10.7. The molecule has 308 valence electrons. The van der Waals surface area contributed by atoms with E-state index in [0.717, 1.165) is 53.4 Å². The Hall–Kier alpha value is -5.14. The largest absolute Gasteiger partial charge is 0.417 e. The topological polar surface area (TPSA) is 8.17 Å². The van der Waals surface area contributed by atoms with Gasteiger partial charge in [0, 0.05) is 50.5 Å². The maximum atomic E-state index is 15.4. The van der Waals surface area contributed by atoms with Crippen LogP contribution in [0.3, 0.4) is 0 Å². The van der Waals surface area contributed by atoms with E-state index in [9.17, 15) is 26.3 Å². The molecule has 2 heterocycles. The number of aromatic nitrogens is 1. The van der Waals surface area contributed by atoms with Gasteiger partial charge in [0.25, 0.3) is 0 Å². The summed E-state index contributed by atoms with van der Waals surface area (Å²) in [5, 5.41) is 0.842. The van der Waals surface area contributed by atoms with Crippen molar-refractivity contribution in [2.45, 2.75) is 89.2 Å². The van der Waals surface area contributed by atoms with Crippen molar-refractivity contribution in [3.05, 3.63) is 129 Å². The third kappa shape index (κ3) is 6.75. The lowest BCUT2D eigenvalue weighted by Crippen LogP contribution is -2.54. The van der Waals surface area contributed by atoms with Crippen LogP contribution in [0.5, 0.6) is 0 Å². The molecule has 0 unspecified atom stereocenters. The van der Waals surface area contributed by atoms with Gasteiger partial charge in [0.05, 0.1) is 11.1 Å². The predicted octanol–water partition coefficient (Wildman–Crippen LogP) is 12.6. The van der Waals surface area contributed by atoms with Crippen molar-refractivity contribution in [2.24, 2.45) is 0 Å². The monoisotopic (exact) mass is 822 g/mol. The molecule has 1 aliphatic rings. The van der Waals surface area contributed by atoms with Crippen LogP contribution in [0.25, 0.3) is 40.8 Å². The van der Waals surface area contributed by atoms with E-state index in [1.54, 1.807) is 46.1 Å². The number of nitrogens with zero attached hydrogens (tertiary/aromatic N) is 2. The van der Waals surface area contributed by atoms with Crippen LogP contribution in [-0.4, -0.2) is 16.9 Å². The minimum absolute atomic E-state index is 0.0310. The first-order chi connectivity index (χ1) is 26.3. The molecule has 4 aromatic carbocycles. The SMILES string of the molecule is C=C1c2cc(C(c3ccc4c(=C)n(C(C)(C)C)c(=C)c4c3)(C(F)(F)F)C(F)(F)F)ccc2CN1c1ccc(-c2ccc(C(C)(C)C)cc2C(F)(F)F)c(C(F)(F)F)c1. The number of rotatable bonds is 4. The van der Waals surface area contributed by atoms with Crippen LogP contribution < -0.4 is 15.6 Å². The van der Waals surface area contributed by atoms with Gasteiger partial charge in [-0.1, -0.05) is 83.0 Å². The van der Waals surface area contributed by atoms with Crippen molar-refractivity contribution in [1.29, 1.82) is 0 Å². The molecule has 0 N–H and O–H groups in total. The fraction of sp³-hybridized carbons (Fsp3) is 0.318. The Kier molecular flexibility index (Phi) is 9.66. The normalized spacial score (nSPS) is 14.8. The smallest absolute Gasteiger partial charge is 0.337 e. The number of hydrogen-bond donors (Lipinski definition) is 0. The van der Waals surface area contributed by atoms with Gasteiger partial charge < -0.3 is 9.47 Å². The standard InChI is InChI=1S/C44H38F12N2/c1-23-34-18-28(40(43(51,52)53,44(54,55)56)29-13-15-31-24(2)58(39(7,8)9)25(3)35(31)19-29)11-10-26(34)22-57(23)30-14-17-33(37(21-30)42(48,49)50)32-16-12-27(38(4,5)6)20-36(32)41(45,46)47/h10-21H,1-3,22H2,4-9H3. The summed E-state index contributed by atoms with van der Waals surface area (Å²) in [6.07, 6.45) is -22.1. The second-order valence-corrected chi connectivity index (χ2v) is 16.5. The molecule has 0 atom stereocenters. The van der Waals surface area contributed by atoms with E-state index in [2.05, 4.69) is 19.7 Å². The molecular formula is C44H38F12N2. The zero-order chi connectivity index (χ0) is 43.5. The molecule has 0 bridgehead atoms. The van der Waals surface area contributed by atoms with Crippen molar-refractivity contribution in [3.8, 4) is 11.1 Å². The third-order valence-electron chi connectivity index (χ3n) is 10.7. The maximum absolute atomic E-state index is 15.4. The lowest BCUT2D eigenvalue weighted by Gasteiger charge is -2.38. The van der Waals surface area contributed by atoms with Crippen molar-refractivity contribution in [2.75, 3.05) is 4.90 Å². The number of anilines is 1. The molecule has 14 heteroatoms. The minimum Gasteiger partial charge on any atom is -0.337 e. The molecule has 5 aromatic rings. The molecule has 0 aliphatic carbocycles. The second kappa shape index (κ2) is 13.2. The van der Waals surface area contributed by atoms with E-state index in [0.29, 0.717) is 28.9 Å². The fourth-order valence-electron chi connectivity index (χ4n) is 7.99. The lowest BCUT2D eigenvalue weighted by atomic mass is 9.72. The summed E-state index contributed by atoms with van der Waals surface area (Å²) in [4.78, 5) is 1.15. The second-order valence-electron chi connectivity index (χ2n) is 16.5. The molecule has 0 saturated carbocycles. The average molecular weight is 823 g/mol. The zero-order valence-electron chi connectivity index (χ0n) is 32.2. The number of fused-ring (bicyclic) bond motifs is 2. The van der Waals surface area contributed by atoms with Crippen LogP contribution >= 0.6 is 0 Å². The molecule has 0 saturated heterocycles. The quantitative estimate of drug-likeness (QED) is 0.164. The van der Waals surface area contributed by atoms with Gasteiger partial charge in [0.1, 0.15) is 0 Å². The Bertz CT molecular complexity index is 2560. The summed E-state index contributed by atoms with van der Waals surface area (Å²) in [5.41, 5.74) is -12.9. The van der Waals surface area contributed by atoms with Gasteiger partial charge in [-0.25, -0.2) is 0 Å². The first-order valence-corrected chi connectivity index (χ1v) is 17.8. The van der Waals surface area contributed by atoms with E-state index in [1.165, 1.54) is 6.07 Å². The van der Waals surface area contributed by atoms with E-state index < -0.39 is 74.5 Å². The van der Waals surface area contributed by atoms with E-state index >= 15 is 26.3 Å². The number of halogens is 12. The number of hydrogen-bond acceptors (Lipinski definition) is 1. The van der Waals surface area contributed by atoms with Gasteiger partial charge in [-0.2, -0.15) is 52.7 Å². The van der Waals surface area contributed by atoms with Gasteiger partial charge in [0.2, 0.25) is 5.41 Å². The van der Waals surface area contributed by atoms with Crippen LogP contribution in [0.15, 0.2) is 79.4 Å². The highest BCUT2D eigenvalue weighted by atomic mass is 19.4. The molecule has 1 aromatic heterocycles. The molecule has 2 nitrogen and oxygen atoms in total. The molecule has 0 amide bonds. The van der Waals surface area contributed by atoms with E-state index in [-0.39, 0.29) is 45.4 Å². The van der Waals surface area contributed by atoms with Crippen LogP contribution in [0.2, 0.25) is 0 Å². The summed E-state index contributed by atoms with van der Waals surface area (Å²) in [5.74, 6) is 0. The minimum atomic E-state index is -5.97. The Morgan fingerprint density at radius 3 is 1.50 bits per heavy atom. The summed E-state index contributed by atoms with van der Waals surface area (Å²) in [6.45, 7) is 21.7. The van der Waals surface area contributed by atoms with Crippen molar-refractivity contribution < 1.29 is 52.7 Å². The number of benzene rings is 4. The van der Waals surface area contributed by atoms with Crippen LogP contribution in [0.1, 0.15) is 80.5 Å². The van der Waals surface area contributed by atoms with Crippen LogP contribution in [0.4, 0.5) is 58.4 Å². The van der Waals surface area contributed by atoms with Gasteiger partial charge in [-0.3, -0.25) is 0 Å². The molecule has 58 heavy (non-hydrogen) atoms. The van der Waals surface area contributed by atoms with E-state index in [4.69, 9.17) is 0 Å². The van der Waals surface area contributed by atoms with Gasteiger partial charge in [-0.15, -0.1) is 0 Å². The first-order valence-electron chi connectivity index (χ1n) is 17.8. The zero-order valence-corrected chi connectivity index (χ0v) is 32.2. The van der Waals surface area contributed by atoms with Crippen LogP contribution in [0, 0.1) is 0 Å². The van der Waals surface area contributed by atoms with Crippen molar-refractivity contribution >= 4 is 35.3 Å². The summed E-state index contributed by atoms with van der Waals surface area (Å²) >= 11 is 0. The van der Waals surface area contributed by atoms with Crippen LogP contribution in [-0.2, 0) is 35.3 Å². The Balaban J connectivity index is 1.49. The fourth-order valence-corrected chi connectivity index (χ4v) is 7.99. The maximum Gasteiger partial charge on any atom is 0.417 e. The molecule has 1 aliphatic heterocycles. The summed E-state index contributed by atoms with van der Waals surface area (Å²) in [6, 6.07) is 10.7. The van der Waals surface area contributed by atoms with E-state index in [1.807, 2.05) is 0 Å². The predicted molar refractivity (Wildman–Crippen MR) is 202 cm³/mol. The Morgan fingerprint density at radius 2 is 0.983 bits per heavy atom. The first kappa shape index (κ1) is 42.5. The molecular weight excluding hydrogens is 784 g/mol. The highest BCUT2D eigenvalue weighted by molar-refractivity contribution is 5.87.